The van der Waals surface area contributed by atoms with Gasteiger partial charge in [-0.3, -0.25) is 9.59 Å². The van der Waals surface area contributed by atoms with Gasteiger partial charge < -0.3 is 29.7 Å². The molecule has 0 radical (unpaired) electrons. The Bertz CT molecular complexity index is 835. The highest BCUT2D eigenvalue weighted by atomic mass is 16.5. The first-order chi connectivity index (χ1) is 14.7. The SMILES string of the molecule is COCCOc1cccc(NC(=O)CNc2ccc(C(=O)N3CCOCC3)cc2)c1. The molecule has 2 amide bonds. The molecule has 8 nitrogen and oxygen atoms in total. The van der Waals surface area contributed by atoms with Crippen LogP contribution < -0.4 is 15.4 Å². The monoisotopic (exact) mass is 413 g/mol. The minimum atomic E-state index is -0.183. The summed E-state index contributed by atoms with van der Waals surface area (Å²) in [6.07, 6.45) is 0. The Kier molecular flexibility index (Phi) is 8.05. The first kappa shape index (κ1) is 21.6. The standard InChI is InChI=1S/C22H27N3O5/c1-28-13-14-30-20-4-2-3-19(15-20)24-21(26)16-23-18-7-5-17(6-8-18)22(27)25-9-11-29-12-10-25/h2-8,15,23H,9-14,16H2,1H3,(H,24,26). The molecule has 3 rings (SSSR count). The molecular weight excluding hydrogens is 386 g/mol. The van der Waals surface area contributed by atoms with Gasteiger partial charge in [-0.05, 0) is 36.4 Å². The van der Waals surface area contributed by atoms with E-state index in [9.17, 15) is 9.59 Å². The first-order valence-electron chi connectivity index (χ1n) is 9.88. The number of rotatable bonds is 9. The zero-order chi connectivity index (χ0) is 21.2. The van der Waals surface area contributed by atoms with Gasteiger partial charge in [-0.2, -0.15) is 0 Å². The summed E-state index contributed by atoms with van der Waals surface area (Å²) in [5.41, 5.74) is 2.04. The van der Waals surface area contributed by atoms with Crippen molar-refractivity contribution in [3.63, 3.8) is 0 Å². The number of nitrogens with zero attached hydrogens (tertiary/aromatic N) is 1. The van der Waals surface area contributed by atoms with Crippen LogP contribution in [-0.4, -0.2) is 69.9 Å². The highest BCUT2D eigenvalue weighted by Gasteiger charge is 2.18. The molecule has 0 spiro atoms. The van der Waals surface area contributed by atoms with Crippen molar-refractivity contribution < 1.29 is 23.8 Å². The van der Waals surface area contributed by atoms with Gasteiger partial charge in [-0.1, -0.05) is 6.07 Å². The molecule has 0 saturated carbocycles. The third-order valence-electron chi connectivity index (χ3n) is 4.56. The molecule has 8 heteroatoms. The molecule has 1 fully saturated rings. The summed E-state index contributed by atoms with van der Waals surface area (Å²) in [7, 11) is 1.61. The van der Waals surface area contributed by atoms with E-state index in [4.69, 9.17) is 14.2 Å². The van der Waals surface area contributed by atoms with Gasteiger partial charge in [0.2, 0.25) is 5.91 Å². The highest BCUT2D eigenvalue weighted by molar-refractivity contribution is 5.95. The zero-order valence-electron chi connectivity index (χ0n) is 17.1. The van der Waals surface area contributed by atoms with Gasteiger partial charge in [0, 0.05) is 43.2 Å². The Morgan fingerprint density at radius 1 is 1.03 bits per heavy atom. The maximum atomic E-state index is 12.5. The second kappa shape index (κ2) is 11.2. The van der Waals surface area contributed by atoms with Crippen molar-refractivity contribution in [3.8, 4) is 5.75 Å². The second-order valence-corrected chi connectivity index (χ2v) is 6.75. The number of hydrogen-bond acceptors (Lipinski definition) is 6. The van der Waals surface area contributed by atoms with Crippen molar-refractivity contribution in [2.75, 3.05) is 63.8 Å². The quantitative estimate of drug-likeness (QED) is 0.613. The number of carbonyl (C=O) groups excluding carboxylic acids is 2. The molecule has 0 atom stereocenters. The van der Waals surface area contributed by atoms with E-state index in [1.807, 2.05) is 12.1 Å². The highest BCUT2D eigenvalue weighted by Crippen LogP contribution is 2.17. The molecule has 2 N–H and O–H groups in total. The molecule has 0 aliphatic carbocycles. The third-order valence-corrected chi connectivity index (χ3v) is 4.56. The number of hydrogen-bond donors (Lipinski definition) is 2. The predicted molar refractivity (Wildman–Crippen MR) is 114 cm³/mol. The maximum Gasteiger partial charge on any atom is 0.254 e. The second-order valence-electron chi connectivity index (χ2n) is 6.75. The molecule has 1 aliphatic heterocycles. The fourth-order valence-corrected chi connectivity index (χ4v) is 2.97. The summed E-state index contributed by atoms with van der Waals surface area (Å²) in [5.74, 6) is 0.478. The van der Waals surface area contributed by atoms with Crippen LogP contribution in [0.25, 0.3) is 0 Å². The van der Waals surface area contributed by atoms with Crippen LogP contribution in [0.5, 0.6) is 5.75 Å². The van der Waals surface area contributed by atoms with Crippen molar-refractivity contribution in [1.29, 1.82) is 0 Å². The van der Waals surface area contributed by atoms with Crippen LogP contribution in [0.2, 0.25) is 0 Å². The van der Waals surface area contributed by atoms with Crippen molar-refractivity contribution in [2.45, 2.75) is 0 Å². The van der Waals surface area contributed by atoms with Crippen molar-refractivity contribution >= 4 is 23.2 Å². The van der Waals surface area contributed by atoms with Crippen LogP contribution in [0.3, 0.4) is 0 Å². The maximum absolute atomic E-state index is 12.5. The number of carbonyl (C=O) groups is 2. The van der Waals surface area contributed by atoms with E-state index in [1.165, 1.54) is 0 Å². The van der Waals surface area contributed by atoms with Crippen molar-refractivity contribution in [2.24, 2.45) is 0 Å². The van der Waals surface area contributed by atoms with Gasteiger partial charge in [0.25, 0.3) is 5.91 Å². The summed E-state index contributed by atoms with van der Waals surface area (Å²) in [6, 6.07) is 14.3. The Morgan fingerprint density at radius 3 is 2.53 bits per heavy atom. The van der Waals surface area contributed by atoms with E-state index >= 15 is 0 Å². The lowest BCUT2D eigenvalue weighted by Crippen LogP contribution is -2.40. The van der Waals surface area contributed by atoms with E-state index in [-0.39, 0.29) is 18.4 Å². The van der Waals surface area contributed by atoms with Gasteiger partial charge >= 0.3 is 0 Å². The van der Waals surface area contributed by atoms with Gasteiger partial charge in [0.15, 0.2) is 0 Å². The fourth-order valence-electron chi connectivity index (χ4n) is 2.97. The van der Waals surface area contributed by atoms with Crippen LogP contribution in [0, 0.1) is 0 Å². The summed E-state index contributed by atoms with van der Waals surface area (Å²) in [5, 5.41) is 5.89. The molecule has 1 aliphatic rings. The summed E-state index contributed by atoms with van der Waals surface area (Å²) < 4.78 is 15.8. The van der Waals surface area contributed by atoms with Crippen LogP contribution >= 0.6 is 0 Å². The van der Waals surface area contributed by atoms with Crippen LogP contribution in [-0.2, 0) is 14.3 Å². The van der Waals surface area contributed by atoms with E-state index in [0.717, 1.165) is 5.69 Å². The predicted octanol–water partition coefficient (Wildman–Crippen LogP) is 2.23. The van der Waals surface area contributed by atoms with Crippen molar-refractivity contribution in [1.82, 2.24) is 4.90 Å². The average molecular weight is 413 g/mol. The van der Waals surface area contributed by atoms with E-state index in [0.29, 0.717) is 56.5 Å². The largest absolute Gasteiger partial charge is 0.491 e. The number of anilines is 2. The van der Waals surface area contributed by atoms with Gasteiger partial charge in [0.1, 0.15) is 12.4 Å². The Hall–Kier alpha value is -3.10. The van der Waals surface area contributed by atoms with Gasteiger partial charge in [-0.25, -0.2) is 0 Å². The molecular formula is C22H27N3O5. The fraction of sp³-hybridized carbons (Fsp3) is 0.364. The Balaban J connectivity index is 1.46. The van der Waals surface area contributed by atoms with Crippen LogP contribution in [0.15, 0.2) is 48.5 Å². The Morgan fingerprint density at radius 2 is 1.80 bits per heavy atom. The van der Waals surface area contributed by atoms with Gasteiger partial charge in [0.05, 0.1) is 26.4 Å². The molecule has 1 heterocycles. The minimum Gasteiger partial charge on any atom is -0.491 e. The van der Waals surface area contributed by atoms with Crippen LogP contribution in [0.4, 0.5) is 11.4 Å². The van der Waals surface area contributed by atoms with Crippen LogP contribution in [0.1, 0.15) is 10.4 Å². The number of nitrogens with one attached hydrogen (secondary N) is 2. The third kappa shape index (κ3) is 6.47. The molecule has 0 bridgehead atoms. The topological polar surface area (TPSA) is 89.1 Å². The normalized spacial score (nSPS) is 13.6. The van der Waals surface area contributed by atoms with E-state index in [1.54, 1.807) is 48.4 Å². The molecule has 2 aromatic rings. The lowest BCUT2D eigenvalue weighted by atomic mass is 10.1. The number of benzene rings is 2. The molecule has 0 unspecified atom stereocenters. The molecule has 2 aromatic carbocycles. The summed E-state index contributed by atoms with van der Waals surface area (Å²) >= 11 is 0. The number of amides is 2. The molecule has 0 aromatic heterocycles. The average Bonchev–Trinajstić information content (AvgIpc) is 2.79. The summed E-state index contributed by atoms with van der Waals surface area (Å²) in [6.45, 7) is 3.41. The van der Waals surface area contributed by atoms with E-state index in [2.05, 4.69) is 10.6 Å². The molecule has 1 saturated heterocycles. The number of morpholine rings is 1. The summed E-state index contributed by atoms with van der Waals surface area (Å²) in [4.78, 5) is 26.5. The molecule has 160 valence electrons. The first-order valence-corrected chi connectivity index (χ1v) is 9.88. The number of methoxy groups -OCH3 is 1. The van der Waals surface area contributed by atoms with Gasteiger partial charge in [-0.15, -0.1) is 0 Å². The lowest BCUT2D eigenvalue weighted by Gasteiger charge is -2.26. The minimum absolute atomic E-state index is 0.00445. The smallest absolute Gasteiger partial charge is 0.254 e. The van der Waals surface area contributed by atoms with E-state index < -0.39 is 0 Å². The zero-order valence-corrected chi connectivity index (χ0v) is 17.1. The molecule has 30 heavy (non-hydrogen) atoms. The van der Waals surface area contributed by atoms with Crippen molar-refractivity contribution in [3.05, 3.63) is 54.1 Å². The number of ether oxygens (including phenoxy) is 3. The lowest BCUT2D eigenvalue weighted by molar-refractivity contribution is -0.114. The Labute approximate surface area is 176 Å².